The van der Waals surface area contributed by atoms with Crippen LogP contribution in [0.25, 0.3) is 10.8 Å². The van der Waals surface area contributed by atoms with Crippen LogP contribution < -0.4 is 10.1 Å². The highest BCUT2D eigenvalue weighted by Crippen LogP contribution is 2.32. The lowest BCUT2D eigenvalue weighted by Gasteiger charge is -2.28. The molecule has 0 radical (unpaired) electrons. The Morgan fingerprint density at radius 3 is 2.26 bits per heavy atom. The molecule has 4 aromatic rings. The Hall–Kier alpha value is -3.68. The molecule has 1 N–H and O–H groups in total. The maximum atomic E-state index is 13.2. The summed E-state index contributed by atoms with van der Waals surface area (Å²) in [6.07, 6.45) is 0.686. The van der Waals surface area contributed by atoms with Crippen molar-refractivity contribution in [2.75, 3.05) is 19.0 Å². The Labute approximate surface area is 198 Å². The predicted octanol–water partition coefficient (Wildman–Crippen LogP) is 4.85. The fourth-order valence-electron chi connectivity index (χ4n) is 4.36. The number of benzene rings is 4. The maximum absolute atomic E-state index is 13.2. The third-order valence-electron chi connectivity index (χ3n) is 6.20. The molecule has 1 aliphatic heterocycles. The van der Waals surface area contributed by atoms with Gasteiger partial charge in [-0.2, -0.15) is 4.31 Å². The first-order chi connectivity index (χ1) is 16.5. The van der Waals surface area contributed by atoms with E-state index in [2.05, 4.69) is 5.32 Å². The first-order valence-corrected chi connectivity index (χ1v) is 12.5. The predicted molar refractivity (Wildman–Crippen MR) is 133 cm³/mol. The van der Waals surface area contributed by atoms with Gasteiger partial charge in [-0.1, -0.05) is 48.5 Å². The average molecular weight is 473 g/mol. The number of fused-ring (bicyclic) bond motifs is 2. The Morgan fingerprint density at radius 1 is 0.853 bits per heavy atom. The number of carbonyl (C=O) groups is 1. The number of nitrogens with one attached hydrogen (secondary N) is 1. The quantitative estimate of drug-likeness (QED) is 0.451. The van der Waals surface area contributed by atoms with Gasteiger partial charge in [0.05, 0.1) is 12.0 Å². The number of hydrogen-bond donors (Lipinski definition) is 1. The first kappa shape index (κ1) is 22.1. The van der Waals surface area contributed by atoms with Crippen molar-refractivity contribution in [2.45, 2.75) is 17.9 Å². The summed E-state index contributed by atoms with van der Waals surface area (Å²) in [6.45, 7) is 0.789. The van der Waals surface area contributed by atoms with Gasteiger partial charge in [0.25, 0.3) is 5.91 Å². The molecule has 0 saturated carbocycles. The maximum Gasteiger partial charge on any atom is 0.255 e. The second-order valence-electron chi connectivity index (χ2n) is 8.20. The Balaban J connectivity index is 1.36. The van der Waals surface area contributed by atoms with Gasteiger partial charge in [-0.25, -0.2) is 8.42 Å². The molecule has 4 aromatic carbocycles. The van der Waals surface area contributed by atoms with Crippen LogP contribution >= 0.6 is 0 Å². The Bertz CT molecular complexity index is 1480. The van der Waals surface area contributed by atoms with Gasteiger partial charge in [-0.15, -0.1) is 0 Å². The third-order valence-corrected chi connectivity index (χ3v) is 8.06. The molecule has 0 fully saturated rings. The van der Waals surface area contributed by atoms with Crippen molar-refractivity contribution in [3.63, 3.8) is 0 Å². The molecule has 0 bridgehead atoms. The van der Waals surface area contributed by atoms with Crippen LogP contribution in [-0.4, -0.2) is 32.3 Å². The van der Waals surface area contributed by atoms with E-state index in [0.29, 0.717) is 30.8 Å². The van der Waals surface area contributed by atoms with Crippen molar-refractivity contribution in [3.05, 3.63) is 102 Å². The van der Waals surface area contributed by atoms with E-state index in [0.717, 1.165) is 22.1 Å². The summed E-state index contributed by atoms with van der Waals surface area (Å²) in [5.41, 5.74) is 3.25. The third kappa shape index (κ3) is 4.04. The summed E-state index contributed by atoms with van der Waals surface area (Å²) in [6, 6.07) is 25.3. The number of nitrogens with zero attached hydrogens (tertiary/aromatic N) is 1. The largest absolute Gasteiger partial charge is 0.496 e. The SMILES string of the molecule is COc1ccc(NC(=O)c2ccc(S(=O)(=O)N3CCc4ccccc4C3)cc2)c2ccccc12. The van der Waals surface area contributed by atoms with Crippen molar-refractivity contribution < 1.29 is 17.9 Å². The number of methoxy groups -OCH3 is 1. The molecule has 6 nitrogen and oxygen atoms in total. The van der Waals surface area contributed by atoms with Gasteiger partial charge < -0.3 is 10.1 Å². The number of sulfonamides is 1. The molecule has 1 amide bonds. The normalized spacial score (nSPS) is 13.9. The van der Waals surface area contributed by atoms with Crippen molar-refractivity contribution in [2.24, 2.45) is 0 Å². The van der Waals surface area contributed by atoms with Crippen molar-refractivity contribution in [1.82, 2.24) is 4.31 Å². The van der Waals surface area contributed by atoms with Crippen LogP contribution in [0.3, 0.4) is 0 Å². The van der Waals surface area contributed by atoms with Gasteiger partial charge in [0.1, 0.15) is 5.75 Å². The molecule has 0 aliphatic carbocycles. The van der Waals surface area contributed by atoms with Crippen LogP contribution in [0, 0.1) is 0 Å². The summed E-state index contributed by atoms with van der Waals surface area (Å²) in [5, 5.41) is 4.69. The lowest BCUT2D eigenvalue weighted by atomic mass is 10.0. The van der Waals surface area contributed by atoms with E-state index in [1.54, 1.807) is 25.3 Å². The van der Waals surface area contributed by atoms with Gasteiger partial charge >= 0.3 is 0 Å². The van der Waals surface area contributed by atoms with Crippen LogP contribution in [0.5, 0.6) is 5.75 Å². The second-order valence-corrected chi connectivity index (χ2v) is 10.1. The number of amides is 1. The van der Waals surface area contributed by atoms with Crippen LogP contribution in [0.4, 0.5) is 5.69 Å². The fraction of sp³-hybridized carbons (Fsp3) is 0.148. The summed E-state index contributed by atoms with van der Waals surface area (Å²) < 4.78 is 33.3. The standard InChI is InChI=1S/C27H24N2O4S/c1-33-26-15-14-25(23-8-4-5-9-24(23)26)28-27(30)20-10-12-22(13-11-20)34(31,32)29-17-16-19-6-2-3-7-21(19)18-29/h2-15H,16-18H2,1H3,(H,28,30). The van der Waals surface area contributed by atoms with Crippen LogP contribution in [0.15, 0.2) is 89.8 Å². The van der Waals surface area contributed by atoms with Crippen molar-refractivity contribution in [1.29, 1.82) is 0 Å². The van der Waals surface area contributed by atoms with E-state index in [9.17, 15) is 13.2 Å². The van der Waals surface area contributed by atoms with Crippen LogP contribution in [0.1, 0.15) is 21.5 Å². The summed E-state index contributed by atoms with van der Waals surface area (Å²) >= 11 is 0. The fourth-order valence-corrected chi connectivity index (χ4v) is 5.77. The average Bonchev–Trinajstić information content (AvgIpc) is 2.88. The van der Waals surface area contributed by atoms with E-state index in [4.69, 9.17) is 4.74 Å². The van der Waals surface area contributed by atoms with Gasteiger partial charge in [-0.05, 0) is 53.9 Å². The minimum atomic E-state index is -3.65. The number of hydrogen-bond acceptors (Lipinski definition) is 4. The van der Waals surface area contributed by atoms with Gasteiger partial charge in [0.15, 0.2) is 0 Å². The molecule has 0 saturated heterocycles. The molecule has 172 valence electrons. The highest BCUT2D eigenvalue weighted by molar-refractivity contribution is 7.89. The zero-order chi connectivity index (χ0) is 23.7. The molecule has 34 heavy (non-hydrogen) atoms. The van der Waals surface area contributed by atoms with Gasteiger partial charge in [0.2, 0.25) is 10.0 Å². The molecule has 1 heterocycles. The minimum absolute atomic E-state index is 0.179. The minimum Gasteiger partial charge on any atom is -0.496 e. The summed E-state index contributed by atoms with van der Waals surface area (Å²) in [5.74, 6) is 0.412. The first-order valence-electron chi connectivity index (χ1n) is 11.0. The molecule has 5 rings (SSSR count). The molecule has 0 atom stereocenters. The number of ether oxygens (including phenoxy) is 1. The van der Waals surface area contributed by atoms with Crippen molar-refractivity contribution >= 4 is 32.4 Å². The zero-order valence-electron chi connectivity index (χ0n) is 18.7. The number of rotatable bonds is 5. The highest BCUT2D eigenvalue weighted by Gasteiger charge is 2.28. The monoisotopic (exact) mass is 472 g/mol. The molecule has 0 spiro atoms. The van der Waals surface area contributed by atoms with E-state index >= 15 is 0 Å². The summed E-state index contributed by atoms with van der Waals surface area (Å²) in [7, 11) is -2.05. The Kier molecular flexibility index (Phi) is 5.81. The number of anilines is 1. The second kappa shape index (κ2) is 8.93. The lowest BCUT2D eigenvalue weighted by molar-refractivity contribution is 0.102. The smallest absolute Gasteiger partial charge is 0.255 e. The molecule has 0 unspecified atom stereocenters. The molecule has 0 aromatic heterocycles. The topological polar surface area (TPSA) is 75.7 Å². The zero-order valence-corrected chi connectivity index (χ0v) is 19.5. The Morgan fingerprint density at radius 2 is 1.53 bits per heavy atom. The van der Waals surface area contributed by atoms with Crippen LogP contribution in [0.2, 0.25) is 0 Å². The van der Waals surface area contributed by atoms with Crippen LogP contribution in [-0.2, 0) is 23.0 Å². The van der Waals surface area contributed by atoms with E-state index in [1.165, 1.54) is 22.0 Å². The highest BCUT2D eigenvalue weighted by atomic mass is 32.2. The van der Waals surface area contributed by atoms with E-state index < -0.39 is 10.0 Å². The summed E-state index contributed by atoms with van der Waals surface area (Å²) in [4.78, 5) is 13.1. The molecular weight excluding hydrogens is 448 g/mol. The molecule has 7 heteroatoms. The van der Waals surface area contributed by atoms with E-state index in [-0.39, 0.29) is 10.8 Å². The number of carbonyl (C=O) groups excluding carboxylic acids is 1. The van der Waals surface area contributed by atoms with Gasteiger partial charge in [-0.3, -0.25) is 4.79 Å². The van der Waals surface area contributed by atoms with E-state index in [1.807, 2.05) is 54.6 Å². The molecule has 1 aliphatic rings. The lowest BCUT2D eigenvalue weighted by Crippen LogP contribution is -2.35. The van der Waals surface area contributed by atoms with Gasteiger partial charge in [0, 0.05) is 35.1 Å². The molecular formula is C27H24N2O4S. The van der Waals surface area contributed by atoms with Crippen molar-refractivity contribution in [3.8, 4) is 5.75 Å².